The number of hydrogen-bond donors (Lipinski definition) is 2. The zero-order valence-corrected chi connectivity index (χ0v) is 15.8. The van der Waals surface area contributed by atoms with E-state index in [1.807, 2.05) is 25.7 Å². The van der Waals surface area contributed by atoms with Crippen LogP contribution in [0.4, 0.5) is 0 Å². The lowest BCUT2D eigenvalue weighted by Crippen LogP contribution is -2.57. The van der Waals surface area contributed by atoms with Gasteiger partial charge in [-0.25, -0.2) is 0 Å². The molecule has 0 bridgehead atoms. The second-order valence-corrected chi connectivity index (χ2v) is 7.29. The van der Waals surface area contributed by atoms with E-state index in [4.69, 9.17) is 5.73 Å². The van der Waals surface area contributed by atoms with Gasteiger partial charge in [0.05, 0.1) is 12.6 Å². The molecule has 1 saturated carbocycles. The van der Waals surface area contributed by atoms with Gasteiger partial charge in [0.25, 0.3) is 0 Å². The van der Waals surface area contributed by atoms with Gasteiger partial charge in [0, 0.05) is 32.2 Å². The van der Waals surface area contributed by atoms with Gasteiger partial charge in [-0.05, 0) is 18.3 Å². The Morgan fingerprint density at radius 3 is 2.09 bits per heavy atom. The van der Waals surface area contributed by atoms with Crippen molar-refractivity contribution in [2.24, 2.45) is 11.1 Å². The zero-order chi connectivity index (χ0) is 15.6. The minimum Gasteiger partial charge on any atom is -0.352 e. The molecule has 2 fully saturated rings. The maximum Gasteiger partial charge on any atom is 0.240 e. The summed E-state index contributed by atoms with van der Waals surface area (Å²) in [5.41, 5.74) is 5.81. The van der Waals surface area contributed by atoms with Crippen LogP contribution in [0.2, 0.25) is 0 Å². The van der Waals surface area contributed by atoms with Crippen LogP contribution < -0.4 is 11.1 Å². The van der Waals surface area contributed by atoms with E-state index in [-0.39, 0.29) is 42.0 Å². The quantitative estimate of drug-likeness (QED) is 0.762. The number of carbonyl (C=O) groups excluding carboxylic acids is 2. The molecular formula is C15H30Cl2N4O2. The highest BCUT2D eigenvalue weighted by molar-refractivity contribution is 5.85. The second kappa shape index (κ2) is 9.06. The molecule has 0 aromatic heterocycles. The number of nitrogens with one attached hydrogen (secondary N) is 1. The van der Waals surface area contributed by atoms with Gasteiger partial charge in [-0.15, -0.1) is 24.8 Å². The average molecular weight is 369 g/mol. The molecule has 0 aromatic carbocycles. The lowest BCUT2D eigenvalue weighted by Gasteiger charge is -2.37. The molecule has 3 N–H and O–H groups in total. The first-order valence-corrected chi connectivity index (χ1v) is 7.83. The zero-order valence-electron chi connectivity index (χ0n) is 14.2. The fourth-order valence-electron chi connectivity index (χ4n) is 2.40. The Kier molecular flexibility index (Phi) is 8.84. The Morgan fingerprint density at radius 2 is 1.65 bits per heavy atom. The fourth-order valence-corrected chi connectivity index (χ4v) is 2.40. The van der Waals surface area contributed by atoms with Gasteiger partial charge in [-0.3, -0.25) is 14.5 Å². The number of nitrogens with zero attached hydrogens (tertiary/aromatic N) is 2. The van der Waals surface area contributed by atoms with E-state index in [0.717, 1.165) is 25.9 Å². The predicted octanol–water partition coefficient (Wildman–Crippen LogP) is 0.626. The molecule has 1 aliphatic heterocycles. The van der Waals surface area contributed by atoms with E-state index in [1.165, 1.54) is 0 Å². The SMILES string of the molecule is CC(C)(C)[C@H](N)C(=O)N1CCN(CC(=O)NC2CC2)CC1.Cl.Cl. The fraction of sp³-hybridized carbons (Fsp3) is 0.867. The third-order valence-corrected chi connectivity index (χ3v) is 4.19. The van der Waals surface area contributed by atoms with Crippen molar-refractivity contribution >= 4 is 36.6 Å². The number of piperazine rings is 1. The molecule has 0 unspecified atom stereocenters. The lowest BCUT2D eigenvalue weighted by atomic mass is 9.86. The average Bonchev–Trinajstić information content (AvgIpc) is 3.20. The maximum absolute atomic E-state index is 12.3. The molecule has 2 amide bonds. The van der Waals surface area contributed by atoms with E-state index in [2.05, 4.69) is 10.2 Å². The van der Waals surface area contributed by atoms with Crippen LogP contribution in [-0.4, -0.2) is 66.4 Å². The van der Waals surface area contributed by atoms with Crippen molar-refractivity contribution in [2.45, 2.75) is 45.7 Å². The minimum atomic E-state index is -0.470. The number of rotatable bonds is 4. The molecule has 1 atom stereocenters. The Hall–Kier alpha value is -0.560. The number of hydrogen-bond acceptors (Lipinski definition) is 4. The standard InChI is InChI=1S/C15H28N4O2.2ClH/c1-15(2,3)13(16)14(21)19-8-6-18(7-9-19)10-12(20)17-11-4-5-11;;/h11,13H,4-10,16H2,1-3H3,(H,17,20);2*1H/t13-;;/m1../s1. The Labute approximate surface area is 151 Å². The molecule has 0 aromatic rings. The Morgan fingerprint density at radius 1 is 1.13 bits per heavy atom. The van der Waals surface area contributed by atoms with Crippen molar-refractivity contribution in [3.05, 3.63) is 0 Å². The predicted molar refractivity (Wildman–Crippen MR) is 96.1 cm³/mol. The van der Waals surface area contributed by atoms with Crippen molar-refractivity contribution in [3.8, 4) is 0 Å². The molecule has 136 valence electrons. The van der Waals surface area contributed by atoms with Gasteiger partial charge >= 0.3 is 0 Å². The normalized spacial score (nSPS) is 20.1. The minimum absolute atomic E-state index is 0. The summed E-state index contributed by atoms with van der Waals surface area (Å²) in [5.74, 6) is 0.119. The van der Waals surface area contributed by atoms with E-state index in [9.17, 15) is 9.59 Å². The van der Waals surface area contributed by atoms with Crippen LogP contribution in [0.3, 0.4) is 0 Å². The van der Waals surface area contributed by atoms with E-state index >= 15 is 0 Å². The highest BCUT2D eigenvalue weighted by Crippen LogP contribution is 2.20. The molecule has 0 radical (unpaired) electrons. The molecule has 1 aliphatic carbocycles. The summed E-state index contributed by atoms with van der Waals surface area (Å²) in [6, 6.07) is -0.0626. The first-order valence-electron chi connectivity index (χ1n) is 7.83. The third kappa shape index (κ3) is 6.83. The summed E-state index contributed by atoms with van der Waals surface area (Å²) in [6.45, 7) is 9.15. The summed E-state index contributed by atoms with van der Waals surface area (Å²) >= 11 is 0. The number of amides is 2. The summed E-state index contributed by atoms with van der Waals surface area (Å²) < 4.78 is 0. The van der Waals surface area contributed by atoms with Crippen molar-refractivity contribution in [1.29, 1.82) is 0 Å². The van der Waals surface area contributed by atoms with Crippen LogP contribution in [0.25, 0.3) is 0 Å². The van der Waals surface area contributed by atoms with Crippen LogP contribution in [-0.2, 0) is 9.59 Å². The van der Waals surface area contributed by atoms with Crippen molar-refractivity contribution < 1.29 is 9.59 Å². The molecule has 2 rings (SSSR count). The molecule has 1 saturated heterocycles. The molecule has 2 aliphatic rings. The summed E-state index contributed by atoms with van der Waals surface area (Å²) in [4.78, 5) is 28.0. The molecule has 6 nitrogen and oxygen atoms in total. The first-order chi connectivity index (χ1) is 9.77. The smallest absolute Gasteiger partial charge is 0.240 e. The van der Waals surface area contributed by atoms with Crippen LogP contribution in [0.5, 0.6) is 0 Å². The Balaban J connectivity index is 0.00000242. The summed E-state index contributed by atoms with van der Waals surface area (Å²) in [5, 5.41) is 2.99. The molecule has 23 heavy (non-hydrogen) atoms. The summed E-state index contributed by atoms with van der Waals surface area (Å²) in [6.07, 6.45) is 2.22. The number of carbonyl (C=O) groups is 2. The largest absolute Gasteiger partial charge is 0.352 e. The second-order valence-electron chi connectivity index (χ2n) is 7.29. The highest BCUT2D eigenvalue weighted by Gasteiger charge is 2.33. The third-order valence-electron chi connectivity index (χ3n) is 4.19. The van der Waals surface area contributed by atoms with Crippen LogP contribution in [0.15, 0.2) is 0 Å². The van der Waals surface area contributed by atoms with Crippen molar-refractivity contribution in [2.75, 3.05) is 32.7 Å². The topological polar surface area (TPSA) is 78.7 Å². The van der Waals surface area contributed by atoms with E-state index < -0.39 is 6.04 Å². The van der Waals surface area contributed by atoms with Crippen LogP contribution in [0.1, 0.15) is 33.6 Å². The molecule has 1 heterocycles. The summed E-state index contributed by atoms with van der Waals surface area (Å²) in [7, 11) is 0. The van der Waals surface area contributed by atoms with Gasteiger partial charge in [-0.1, -0.05) is 20.8 Å². The highest BCUT2D eigenvalue weighted by atomic mass is 35.5. The monoisotopic (exact) mass is 368 g/mol. The van der Waals surface area contributed by atoms with Crippen LogP contribution >= 0.6 is 24.8 Å². The van der Waals surface area contributed by atoms with Crippen molar-refractivity contribution in [3.63, 3.8) is 0 Å². The first kappa shape index (κ1) is 22.4. The maximum atomic E-state index is 12.3. The van der Waals surface area contributed by atoms with Crippen molar-refractivity contribution in [1.82, 2.24) is 15.1 Å². The van der Waals surface area contributed by atoms with Gasteiger partial charge in [-0.2, -0.15) is 0 Å². The van der Waals surface area contributed by atoms with Gasteiger partial charge < -0.3 is 16.0 Å². The molecule has 8 heteroatoms. The molecule has 0 spiro atoms. The number of halogens is 2. The Bertz CT molecular complexity index is 403. The van der Waals surface area contributed by atoms with Gasteiger partial charge in [0.2, 0.25) is 11.8 Å². The van der Waals surface area contributed by atoms with Gasteiger partial charge in [0.1, 0.15) is 0 Å². The lowest BCUT2D eigenvalue weighted by molar-refractivity contribution is -0.136. The number of nitrogens with two attached hydrogens (primary N) is 1. The van der Waals surface area contributed by atoms with Gasteiger partial charge in [0.15, 0.2) is 0 Å². The van der Waals surface area contributed by atoms with E-state index in [0.29, 0.717) is 25.7 Å². The molecular weight excluding hydrogens is 339 g/mol. The van der Waals surface area contributed by atoms with Crippen LogP contribution in [0, 0.1) is 5.41 Å². The van der Waals surface area contributed by atoms with E-state index in [1.54, 1.807) is 0 Å².